The van der Waals surface area contributed by atoms with Gasteiger partial charge in [-0.25, -0.2) is 0 Å². The van der Waals surface area contributed by atoms with Crippen molar-refractivity contribution in [2.45, 2.75) is 6.92 Å². The highest BCUT2D eigenvalue weighted by atomic mass is 35.5. The van der Waals surface area contributed by atoms with E-state index >= 15 is 0 Å². The van der Waals surface area contributed by atoms with Gasteiger partial charge in [0.05, 0.1) is 27.4 Å². The minimum absolute atomic E-state index is 0.243. The largest absolute Gasteiger partial charge is 0.274 e. The molecule has 0 spiro atoms. The minimum atomic E-state index is 0.243. The number of nitrogens with one attached hydrogen (secondary N) is 1. The number of halogens is 3. The number of rotatable bonds is 3. The van der Waals surface area contributed by atoms with E-state index in [2.05, 4.69) is 10.5 Å². The van der Waals surface area contributed by atoms with Gasteiger partial charge in [0.1, 0.15) is 0 Å². The number of hydrazone groups is 1. The van der Waals surface area contributed by atoms with Crippen LogP contribution in [-0.2, 0) is 0 Å². The fourth-order valence-electron chi connectivity index (χ4n) is 1.66. The summed E-state index contributed by atoms with van der Waals surface area (Å²) in [5, 5.41) is 14.0. The maximum absolute atomic E-state index is 8.75. The van der Waals surface area contributed by atoms with Gasteiger partial charge in [-0.1, -0.05) is 46.9 Å². The molecular formula is C15H10Cl3N3. The second kappa shape index (κ2) is 6.82. The van der Waals surface area contributed by atoms with Crippen molar-refractivity contribution >= 4 is 45.7 Å². The Labute approximate surface area is 137 Å². The summed E-state index contributed by atoms with van der Waals surface area (Å²) in [7, 11) is 0. The lowest BCUT2D eigenvalue weighted by Gasteiger charge is -2.08. The van der Waals surface area contributed by atoms with Gasteiger partial charge in [0, 0.05) is 5.56 Å². The van der Waals surface area contributed by atoms with Crippen LogP contribution in [0.3, 0.4) is 0 Å². The second-order valence-corrected chi connectivity index (χ2v) is 5.48. The molecule has 3 nitrogen and oxygen atoms in total. The molecule has 2 aromatic carbocycles. The van der Waals surface area contributed by atoms with Gasteiger partial charge in [-0.3, -0.25) is 5.43 Å². The predicted octanol–water partition coefficient (Wildman–Crippen LogP) is 5.19. The summed E-state index contributed by atoms with van der Waals surface area (Å²) in [6, 6.07) is 12.4. The van der Waals surface area contributed by atoms with Crippen LogP contribution in [-0.4, -0.2) is 5.17 Å². The molecule has 0 aliphatic heterocycles. The van der Waals surface area contributed by atoms with Gasteiger partial charge in [0.25, 0.3) is 0 Å². The van der Waals surface area contributed by atoms with E-state index in [1.54, 1.807) is 36.4 Å². The van der Waals surface area contributed by atoms with Crippen LogP contribution in [0.2, 0.25) is 10.0 Å². The monoisotopic (exact) mass is 337 g/mol. The molecule has 21 heavy (non-hydrogen) atoms. The van der Waals surface area contributed by atoms with Crippen LogP contribution in [0, 0.1) is 18.3 Å². The van der Waals surface area contributed by atoms with Crippen molar-refractivity contribution in [2.24, 2.45) is 5.10 Å². The van der Waals surface area contributed by atoms with Gasteiger partial charge in [-0.2, -0.15) is 10.4 Å². The van der Waals surface area contributed by atoms with E-state index in [0.717, 1.165) is 5.56 Å². The zero-order valence-corrected chi connectivity index (χ0v) is 13.3. The number of anilines is 1. The molecule has 0 bridgehead atoms. The first-order valence-corrected chi connectivity index (χ1v) is 7.10. The molecular weight excluding hydrogens is 329 g/mol. The van der Waals surface area contributed by atoms with Crippen molar-refractivity contribution in [2.75, 3.05) is 5.43 Å². The molecule has 0 aromatic heterocycles. The summed E-state index contributed by atoms with van der Waals surface area (Å²) in [6.07, 6.45) is 0. The van der Waals surface area contributed by atoms with Gasteiger partial charge in [0.2, 0.25) is 0 Å². The van der Waals surface area contributed by atoms with Crippen LogP contribution in [0.15, 0.2) is 41.5 Å². The lowest BCUT2D eigenvalue weighted by Crippen LogP contribution is -1.98. The Morgan fingerprint density at radius 1 is 1.14 bits per heavy atom. The van der Waals surface area contributed by atoms with Crippen molar-refractivity contribution in [1.82, 2.24) is 0 Å². The number of aryl methyl sites for hydroxylation is 1. The highest BCUT2D eigenvalue weighted by molar-refractivity contribution is 6.69. The molecule has 0 amide bonds. The standard InChI is InChI=1S/C15H10Cl3N3/c1-9-6-12(16)14(13(17)7-9)20-21-15(18)11-4-2-10(8-19)3-5-11/h2-7,20H,1H3/b21-15-. The first-order valence-electron chi connectivity index (χ1n) is 5.96. The molecule has 2 aromatic rings. The molecule has 0 fully saturated rings. The second-order valence-electron chi connectivity index (χ2n) is 4.31. The van der Waals surface area contributed by atoms with Crippen molar-refractivity contribution in [1.29, 1.82) is 5.26 Å². The molecule has 0 aliphatic rings. The molecule has 0 atom stereocenters. The van der Waals surface area contributed by atoms with E-state index in [0.29, 0.717) is 26.9 Å². The molecule has 6 heteroatoms. The molecule has 0 radical (unpaired) electrons. The molecule has 2 rings (SSSR count). The Bertz CT molecular complexity index is 708. The molecule has 1 N–H and O–H groups in total. The van der Waals surface area contributed by atoms with Crippen molar-refractivity contribution in [3.05, 3.63) is 63.1 Å². The topological polar surface area (TPSA) is 48.2 Å². The zero-order chi connectivity index (χ0) is 15.4. The summed E-state index contributed by atoms with van der Waals surface area (Å²) >= 11 is 18.3. The van der Waals surface area contributed by atoms with Gasteiger partial charge in [0.15, 0.2) is 5.17 Å². The summed E-state index contributed by atoms with van der Waals surface area (Å²) in [5.41, 5.74) is 5.45. The normalized spacial score (nSPS) is 11.1. The fraction of sp³-hybridized carbons (Fsp3) is 0.0667. The van der Waals surface area contributed by atoms with E-state index in [1.807, 2.05) is 13.0 Å². The average Bonchev–Trinajstić information content (AvgIpc) is 2.46. The first kappa shape index (κ1) is 15.7. The van der Waals surface area contributed by atoms with Crippen molar-refractivity contribution in [3.63, 3.8) is 0 Å². The highest BCUT2D eigenvalue weighted by Crippen LogP contribution is 2.31. The SMILES string of the molecule is Cc1cc(Cl)c(N/N=C(\Cl)c2ccc(C#N)cc2)c(Cl)c1. The Hall–Kier alpha value is -1.73. The van der Waals surface area contributed by atoms with Crippen molar-refractivity contribution < 1.29 is 0 Å². The van der Waals surface area contributed by atoms with E-state index in [-0.39, 0.29) is 5.17 Å². The van der Waals surface area contributed by atoms with Gasteiger partial charge in [-0.15, -0.1) is 0 Å². The number of hydrogen-bond donors (Lipinski definition) is 1. The first-order chi connectivity index (χ1) is 10.0. The average molecular weight is 339 g/mol. The number of nitrogens with zero attached hydrogens (tertiary/aromatic N) is 2. The lowest BCUT2D eigenvalue weighted by molar-refractivity contribution is 1.33. The summed E-state index contributed by atoms with van der Waals surface area (Å²) in [6.45, 7) is 1.90. The maximum Gasteiger partial charge on any atom is 0.156 e. The third-order valence-electron chi connectivity index (χ3n) is 2.70. The quantitative estimate of drug-likeness (QED) is 0.618. The molecule has 106 valence electrons. The van der Waals surface area contributed by atoms with E-state index in [4.69, 9.17) is 40.1 Å². The van der Waals surface area contributed by atoms with Gasteiger partial charge >= 0.3 is 0 Å². The summed E-state index contributed by atoms with van der Waals surface area (Å²) in [5.74, 6) is 0. The zero-order valence-electron chi connectivity index (χ0n) is 11.0. The van der Waals surface area contributed by atoms with Gasteiger partial charge < -0.3 is 0 Å². The minimum Gasteiger partial charge on any atom is -0.274 e. The van der Waals surface area contributed by atoms with Crippen LogP contribution >= 0.6 is 34.8 Å². The Morgan fingerprint density at radius 2 is 1.71 bits per heavy atom. The molecule has 0 heterocycles. The number of hydrogen-bond acceptors (Lipinski definition) is 3. The van der Waals surface area contributed by atoms with E-state index in [1.165, 1.54) is 0 Å². The predicted molar refractivity (Wildman–Crippen MR) is 88.4 cm³/mol. The molecule has 0 saturated heterocycles. The van der Waals surface area contributed by atoms with Crippen LogP contribution in [0.1, 0.15) is 16.7 Å². The highest BCUT2D eigenvalue weighted by Gasteiger charge is 2.07. The number of benzene rings is 2. The third-order valence-corrected chi connectivity index (χ3v) is 3.60. The molecule has 0 aliphatic carbocycles. The van der Waals surface area contributed by atoms with Crippen LogP contribution in [0.4, 0.5) is 5.69 Å². The number of nitriles is 1. The van der Waals surface area contributed by atoms with E-state index < -0.39 is 0 Å². The van der Waals surface area contributed by atoms with Crippen molar-refractivity contribution in [3.8, 4) is 6.07 Å². The summed E-state index contributed by atoms with van der Waals surface area (Å²) < 4.78 is 0. The molecule has 0 saturated carbocycles. The maximum atomic E-state index is 8.75. The Morgan fingerprint density at radius 3 is 2.24 bits per heavy atom. The van der Waals surface area contributed by atoms with Gasteiger partial charge in [-0.05, 0) is 36.8 Å². The van der Waals surface area contributed by atoms with Crippen LogP contribution in [0.5, 0.6) is 0 Å². The summed E-state index contributed by atoms with van der Waals surface area (Å²) in [4.78, 5) is 0. The molecule has 0 unspecified atom stereocenters. The van der Waals surface area contributed by atoms with Crippen LogP contribution in [0.25, 0.3) is 0 Å². The fourth-order valence-corrected chi connectivity index (χ4v) is 2.51. The Balaban J connectivity index is 2.22. The van der Waals surface area contributed by atoms with Crippen LogP contribution < -0.4 is 5.43 Å². The van der Waals surface area contributed by atoms with E-state index in [9.17, 15) is 0 Å². The smallest absolute Gasteiger partial charge is 0.156 e. The Kier molecular flexibility index (Phi) is 5.08. The third kappa shape index (κ3) is 3.89. The lowest BCUT2D eigenvalue weighted by atomic mass is 10.2.